The Labute approximate surface area is 139 Å². The Bertz CT molecular complexity index is 764. The molecule has 120 valence electrons. The van der Waals surface area contributed by atoms with Gasteiger partial charge in [0.15, 0.2) is 5.41 Å². The summed E-state index contributed by atoms with van der Waals surface area (Å²) in [6, 6.07) is 5.60. The summed E-state index contributed by atoms with van der Waals surface area (Å²) in [5, 5.41) is 37.0. The van der Waals surface area contributed by atoms with Crippen molar-refractivity contribution in [3.05, 3.63) is 12.2 Å². The Morgan fingerprint density at radius 3 is 2.42 bits per heavy atom. The van der Waals surface area contributed by atoms with Gasteiger partial charge in [-0.1, -0.05) is 12.2 Å². The van der Waals surface area contributed by atoms with E-state index in [0.29, 0.717) is 12.2 Å². The molecule has 0 saturated heterocycles. The van der Waals surface area contributed by atoms with Gasteiger partial charge in [0.25, 0.3) is 0 Å². The van der Waals surface area contributed by atoms with E-state index in [4.69, 9.17) is 5.41 Å². The van der Waals surface area contributed by atoms with E-state index >= 15 is 0 Å². The Morgan fingerprint density at radius 2 is 1.96 bits per heavy atom. The molecule has 0 radical (unpaired) electrons. The first-order valence-corrected chi connectivity index (χ1v) is 7.96. The number of nitrogens with zero attached hydrogens (tertiary/aromatic N) is 3. The smallest absolute Gasteiger partial charge is 0.169 e. The molecule has 0 aromatic carbocycles. The third-order valence-corrected chi connectivity index (χ3v) is 5.95. The molecule has 0 aromatic heterocycles. The number of rotatable bonds is 4. The number of hydrogen-bond acceptors (Lipinski definition) is 6. The van der Waals surface area contributed by atoms with Gasteiger partial charge in [0.2, 0.25) is 0 Å². The van der Waals surface area contributed by atoms with Crippen LogP contribution in [0.2, 0.25) is 0 Å². The van der Waals surface area contributed by atoms with Gasteiger partial charge in [0.05, 0.1) is 24.1 Å². The molecular weight excluding hydrogens is 304 g/mol. The van der Waals surface area contributed by atoms with Gasteiger partial charge in [0, 0.05) is 18.1 Å². The molecule has 0 aliphatic heterocycles. The predicted molar refractivity (Wildman–Crippen MR) is 82.1 cm³/mol. The van der Waals surface area contributed by atoms with Crippen LogP contribution in [0.1, 0.15) is 25.7 Å². The summed E-state index contributed by atoms with van der Waals surface area (Å²) in [5.41, 5.74) is -3.92. The van der Waals surface area contributed by atoms with Crippen LogP contribution in [-0.4, -0.2) is 17.8 Å². The molecule has 0 spiro atoms. The van der Waals surface area contributed by atoms with Gasteiger partial charge in [0.1, 0.15) is 17.5 Å². The standard InChI is InChI=1S/C18H16N4O2/c19-8-17(9-20)5-13(7-23)16(22)18(17,10-21)6-15(24)14-4-11-1-2-12(14)3-11/h1-2,7,11-14,22H,3-6H2/t11-,12+,13?,14-,18-/m0/s1. The van der Waals surface area contributed by atoms with Gasteiger partial charge in [-0.05, 0) is 31.1 Å². The highest BCUT2D eigenvalue weighted by Gasteiger charge is 2.65. The molecule has 0 aromatic rings. The topological polar surface area (TPSA) is 129 Å². The summed E-state index contributed by atoms with van der Waals surface area (Å²) >= 11 is 0. The van der Waals surface area contributed by atoms with Crippen molar-refractivity contribution >= 4 is 17.8 Å². The fraction of sp³-hybridized carbons (Fsp3) is 0.556. The summed E-state index contributed by atoms with van der Waals surface area (Å²) in [4.78, 5) is 24.1. The van der Waals surface area contributed by atoms with E-state index in [2.05, 4.69) is 6.08 Å². The highest BCUT2D eigenvalue weighted by molar-refractivity contribution is 6.07. The van der Waals surface area contributed by atoms with E-state index in [0.717, 1.165) is 12.8 Å². The molecule has 1 N–H and O–H groups in total. The van der Waals surface area contributed by atoms with Crippen LogP contribution in [0.3, 0.4) is 0 Å². The minimum atomic E-state index is -1.83. The summed E-state index contributed by atoms with van der Waals surface area (Å²) in [6.45, 7) is 0. The maximum Gasteiger partial charge on any atom is 0.169 e. The first kappa shape index (κ1) is 16.1. The number of carbonyl (C=O) groups excluding carboxylic acids is 2. The van der Waals surface area contributed by atoms with Gasteiger partial charge < -0.3 is 10.2 Å². The first-order valence-electron chi connectivity index (χ1n) is 7.96. The van der Waals surface area contributed by atoms with Crippen LogP contribution in [0.25, 0.3) is 0 Å². The zero-order valence-electron chi connectivity index (χ0n) is 13.0. The van der Waals surface area contributed by atoms with Crippen LogP contribution in [-0.2, 0) is 9.59 Å². The number of allylic oxidation sites excluding steroid dienone is 2. The molecule has 0 amide bonds. The Balaban J connectivity index is 1.97. The predicted octanol–water partition coefficient (Wildman–Crippen LogP) is 1.94. The third-order valence-electron chi connectivity index (χ3n) is 5.95. The molecule has 2 bridgehead atoms. The van der Waals surface area contributed by atoms with E-state index in [1.165, 1.54) is 0 Å². The Kier molecular flexibility index (Phi) is 3.61. The molecule has 6 heteroatoms. The second-order valence-electron chi connectivity index (χ2n) is 7.04. The molecule has 1 unspecified atom stereocenters. The van der Waals surface area contributed by atoms with Gasteiger partial charge >= 0.3 is 0 Å². The fourth-order valence-electron chi connectivity index (χ4n) is 4.56. The lowest BCUT2D eigenvalue weighted by Crippen LogP contribution is -2.42. The third kappa shape index (κ3) is 1.88. The number of aldehydes is 1. The maximum absolute atomic E-state index is 12.8. The van der Waals surface area contributed by atoms with Crippen LogP contribution < -0.4 is 0 Å². The lowest BCUT2D eigenvalue weighted by atomic mass is 9.63. The van der Waals surface area contributed by atoms with Crippen molar-refractivity contribution in [3.8, 4) is 18.2 Å². The molecule has 0 heterocycles. The number of hydrogen-bond donors (Lipinski definition) is 1. The molecule has 5 atom stereocenters. The molecule has 3 aliphatic carbocycles. The summed E-state index contributed by atoms with van der Waals surface area (Å²) in [5.74, 6) is -0.835. The van der Waals surface area contributed by atoms with Crippen LogP contribution in [0.5, 0.6) is 0 Å². The van der Waals surface area contributed by atoms with Crippen molar-refractivity contribution < 1.29 is 9.59 Å². The normalized spacial score (nSPS) is 38.3. The Hall–Kier alpha value is -2.78. The number of nitriles is 3. The van der Waals surface area contributed by atoms with Crippen LogP contribution in [0.4, 0.5) is 0 Å². The molecule has 24 heavy (non-hydrogen) atoms. The largest absolute Gasteiger partial charge is 0.307 e. The summed E-state index contributed by atoms with van der Waals surface area (Å²) < 4.78 is 0. The highest BCUT2D eigenvalue weighted by Crippen LogP contribution is 2.55. The molecular formula is C18H16N4O2. The molecule has 2 fully saturated rings. The number of fused-ring (bicyclic) bond motifs is 2. The SMILES string of the molecule is N#CC1(C#N)CC(C=O)C(=N)[C@@]1(C#N)CC(=O)[C@H]1C[C@H]2C=C[C@@H]1C2. The van der Waals surface area contributed by atoms with Crippen LogP contribution >= 0.6 is 0 Å². The Morgan fingerprint density at radius 1 is 1.25 bits per heavy atom. The van der Waals surface area contributed by atoms with Crippen molar-refractivity contribution in [1.29, 1.82) is 21.2 Å². The molecule has 6 nitrogen and oxygen atoms in total. The van der Waals surface area contributed by atoms with Gasteiger partial charge in [-0.2, -0.15) is 15.8 Å². The van der Waals surface area contributed by atoms with Gasteiger partial charge in [-0.15, -0.1) is 0 Å². The van der Waals surface area contributed by atoms with E-state index in [9.17, 15) is 25.4 Å². The average Bonchev–Trinajstić information content (AvgIpc) is 3.29. The number of nitrogens with one attached hydrogen (secondary N) is 1. The van der Waals surface area contributed by atoms with Gasteiger partial charge in [-0.3, -0.25) is 4.79 Å². The van der Waals surface area contributed by atoms with Crippen molar-refractivity contribution in [3.63, 3.8) is 0 Å². The van der Waals surface area contributed by atoms with Crippen molar-refractivity contribution in [1.82, 2.24) is 0 Å². The van der Waals surface area contributed by atoms with E-state index in [1.807, 2.05) is 24.3 Å². The molecule has 3 rings (SSSR count). The zero-order chi connectivity index (χ0) is 17.5. The highest BCUT2D eigenvalue weighted by atomic mass is 16.1. The van der Waals surface area contributed by atoms with Gasteiger partial charge in [-0.25, -0.2) is 0 Å². The van der Waals surface area contributed by atoms with E-state index in [1.54, 1.807) is 0 Å². The maximum atomic E-state index is 12.8. The van der Waals surface area contributed by atoms with E-state index in [-0.39, 0.29) is 36.2 Å². The number of carbonyl (C=O) groups is 2. The summed E-state index contributed by atoms with van der Waals surface area (Å²) in [7, 11) is 0. The zero-order valence-corrected chi connectivity index (χ0v) is 13.0. The van der Waals surface area contributed by atoms with Crippen LogP contribution in [0.15, 0.2) is 12.2 Å². The minimum Gasteiger partial charge on any atom is -0.307 e. The van der Waals surface area contributed by atoms with Crippen molar-refractivity contribution in [2.75, 3.05) is 0 Å². The summed E-state index contributed by atoms with van der Waals surface area (Å²) in [6.07, 6.45) is 5.73. The molecule has 3 aliphatic rings. The average molecular weight is 320 g/mol. The lowest BCUT2D eigenvalue weighted by Gasteiger charge is -2.31. The lowest BCUT2D eigenvalue weighted by molar-refractivity contribution is -0.125. The second-order valence-corrected chi connectivity index (χ2v) is 7.04. The van der Waals surface area contributed by atoms with E-state index < -0.39 is 16.7 Å². The molecule has 2 saturated carbocycles. The second kappa shape index (κ2) is 5.39. The quantitative estimate of drug-likeness (QED) is 0.625. The van der Waals surface area contributed by atoms with Crippen molar-refractivity contribution in [2.24, 2.45) is 34.5 Å². The monoisotopic (exact) mass is 320 g/mol. The van der Waals surface area contributed by atoms with Crippen LogP contribution in [0, 0.1) is 73.9 Å². The number of Topliss-reactive ketones (excluding diaryl/α,β-unsaturated/α-hetero) is 1. The van der Waals surface area contributed by atoms with Crippen molar-refractivity contribution in [2.45, 2.75) is 25.7 Å². The number of ketones is 1. The first-order chi connectivity index (χ1) is 11.5. The minimum absolute atomic E-state index is 0.147. The fourth-order valence-corrected chi connectivity index (χ4v) is 4.56.